The molecule has 0 unspecified atom stereocenters. The van der Waals surface area contributed by atoms with Gasteiger partial charge in [-0.05, 0) is 43.9 Å². The Morgan fingerprint density at radius 2 is 1.97 bits per heavy atom. The summed E-state index contributed by atoms with van der Waals surface area (Å²) in [6.07, 6.45) is 6.51. The molecule has 2 fully saturated rings. The van der Waals surface area contributed by atoms with E-state index >= 15 is 0 Å². The van der Waals surface area contributed by atoms with E-state index in [1.165, 1.54) is 0 Å². The first-order valence-corrected chi connectivity index (χ1v) is 11.1. The van der Waals surface area contributed by atoms with Crippen molar-refractivity contribution in [2.45, 2.75) is 45.1 Å². The number of amides is 1. The number of nitrogens with zero attached hydrogens (tertiary/aromatic N) is 5. The molecule has 8 nitrogen and oxygen atoms in total. The van der Waals surface area contributed by atoms with Crippen molar-refractivity contribution in [2.75, 3.05) is 44.3 Å². The zero-order chi connectivity index (χ0) is 21.6. The number of morpholine rings is 1. The maximum absolute atomic E-state index is 12.8. The number of carbonyl (C=O) groups is 1. The summed E-state index contributed by atoms with van der Waals surface area (Å²) in [5.74, 6) is 2.15. The number of piperidine rings is 1. The van der Waals surface area contributed by atoms with E-state index < -0.39 is 0 Å². The Balaban J connectivity index is 1.29. The van der Waals surface area contributed by atoms with E-state index in [2.05, 4.69) is 25.9 Å². The van der Waals surface area contributed by atoms with E-state index in [1.807, 2.05) is 24.1 Å². The molecule has 0 atom stereocenters. The lowest BCUT2D eigenvalue weighted by atomic mass is 9.90. The van der Waals surface area contributed by atoms with Gasteiger partial charge >= 0.3 is 0 Å². The van der Waals surface area contributed by atoms with Crippen molar-refractivity contribution < 1.29 is 14.6 Å². The third-order valence-corrected chi connectivity index (χ3v) is 6.20. The van der Waals surface area contributed by atoms with Gasteiger partial charge in [-0.3, -0.25) is 4.79 Å². The number of pyridine rings is 1. The van der Waals surface area contributed by atoms with Crippen molar-refractivity contribution in [3.8, 4) is 0 Å². The highest BCUT2D eigenvalue weighted by Crippen LogP contribution is 2.29. The van der Waals surface area contributed by atoms with Crippen LogP contribution in [0.1, 0.15) is 47.8 Å². The summed E-state index contributed by atoms with van der Waals surface area (Å²) < 4.78 is 5.41. The highest BCUT2D eigenvalue weighted by molar-refractivity contribution is 5.76. The van der Waals surface area contributed by atoms with Crippen molar-refractivity contribution in [3.05, 3.63) is 47.2 Å². The van der Waals surface area contributed by atoms with Gasteiger partial charge in [0.25, 0.3) is 0 Å². The fourth-order valence-corrected chi connectivity index (χ4v) is 4.38. The normalized spacial score (nSPS) is 17.7. The third-order valence-electron chi connectivity index (χ3n) is 6.20. The van der Waals surface area contributed by atoms with Crippen LogP contribution in [0.25, 0.3) is 0 Å². The monoisotopic (exact) mass is 425 g/mol. The van der Waals surface area contributed by atoms with Gasteiger partial charge in [0.2, 0.25) is 5.91 Å². The van der Waals surface area contributed by atoms with E-state index in [9.17, 15) is 9.90 Å². The Morgan fingerprint density at radius 1 is 1.19 bits per heavy atom. The summed E-state index contributed by atoms with van der Waals surface area (Å²) in [4.78, 5) is 30.2. The lowest BCUT2D eigenvalue weighted by Gasteiger charge is -2.32. The van der Waals surface area contributed by atoms with E-state index in [0.29, 0.717) is 6.42 Å². The molecule has 4 rings (SSSR count). The summed E-state index contributed by atoms with van der Waals surface area (Å²) in [7, 11) is 0. The van der Waals surface area contributed by atoms with Crippen LogP contribution in [0.5, 0.6) is 0 Å². The summed E-state index contributed by atoms with van der Waals surface area (Å²) in [5.41, 5.74) is 2.88. The van der Waals surface area contributed by atoms with Gasteiger partial charge in [0.15, 0.2) is 0 Å². The first-order chi connectivity index (χ1) is 15.1. The molecule has 2 aliphatic rings. The van der Waals surface area contributed by atoms with E-state index in [-0.39, 0.29) is 18.4 Å². The Labute approximate surface area is 183 Å². The highest BCUT2D eigenvalue weighted by atomic mass is 16.5. The van der Waals surface area contributed by atoms with Gasteiger partial charge in [0.05, 0.1) is 25.5 Å². The summed E-state index contributed by atoms with van der Waals surface area (Å²) in [5, 5.41) is 9.60. The van der Waals surface area contributed by atoms with Crippen molar-refractivity contribution in [1.82, 2.24) is 19.9 Å². The Morgan fingerprint density at radius 3 is 2.71 bits per heavy atom. The Hall–Kier alpha value is -2.58. The van der Waals surface area contributed by atoms with Crippen LogP contribution in [0.15, 0.2) is 24.5 Å². The fraction of sp³-hybridized carbons (Fsp3) is 0.565. The molecule has 1 N–H and O–H groups in total. The largest absolute Gasteiger partial charge is 0.392 e. The first-order valence-electron chi connectivity index (χ1n) is 11.1. The summed E-state index contributed by atoms with van der Waals surface area (Å²) >= 11 is 0. The molecule has 0 bridgehead atoms. The molecule has 166 valence electrons. The number of aromatic nitrogens is 3. The second kappa shape index (κ2) is 10.2. The molecule has 31 heavy (non-hydrogen) atoms. The Kier molecular flexibility index (Phi) is 7.09. The zero-order valence-corrected chi connectivity index (χ0v) is 18.2. The average Bonchev–Trinajstić information content (AvgIpc) is 2.83. The number of carbonyl (C=O) groups excluding carboxylic acids is 1. The lowest BCUT2D eigenvalue weighted by molar-refractivity contribution is -0.132. The van der Waals surface area contributed by atoms with E-state index in [4.69, 9.17) is 4.74 Å². The molecule has 2 saturated heterocycles. The summed E-state index contributed by atoms with van der Waals surface area (Å²) in [6, 6.07) is 4.09. The van der Waals surface area contributed by atoms with Gasteiger partial charge in [-0.2, -0.15) is 0 Å². The number of rotatable bonds is 6. The van der Waals surface area contributed by atoms with Crippen LogP contribution in [0, 0.1) is 6.92 Å². The van der Waals surface area contributed by atoms with Gasteiger partial charge in [-0.15, -0.1) is 0 Å². The molecule has 4 heterocycles. The van der Waals surface area contributed by atoms with Crippen LogP contribution >= 0.6 is 0 Å². The second-order valence-electron chi connectivity index (χ2n) is 8.26. The van der Waals surface area contributed by atoms with Crippen molar-refractivity contribution in [2.24, 2.45) is 0 Å². The number of aliphatic hydroxyl groups excluding tert-OH is 1. The van der Waals surface area contributed by atoms with E-state index in [1.54, 1.807) is 6.20 Å². The van der Waals surface area contributed by atoms with Gasteiger partial charge in [-0.1, -0.05) is 0 Å². The van der Waals surface area contributed by atoms with Crippen LogP contribution in [0.3, 0.4) is 0 Å². The molecule has 1 amide bonds. The van der Waals surface area contributed by atoms with Gasteiger partial charge < -0.3 is 19.6 Å². The molecular formula is C23H31N5O3. The molecule has 2 aliphatic heterocycles. The van der Waals surface area contributed by atoms with Crippen LogP contribution in [-0.4, -0.2) is 70.3 Å². The minimum absolute atomic E-state index is 0.0485. The maximum atomic E-state index is 12.8. The maximum Gasteiger partial charge on any atom is 0.222 e. The number of likely N-dealkylation sites (tertiary alicyclic amines) is 1. The number of hydrogen-bond donors (Lipinski definition) is 1. The van der Waals surface area contributed by atoms with Gasteiger partial charge in [-0.25, -0.2) is 15.0 Å². The number of aliphatic hydroxyl groups is 1. The molecule has 0 spiro atoms. The average molecular weight is 426 g/mol. The van der Waals surface area contributed by atoms with E-state index in [0.717, 1.165) is 87.1 Å². The fourth-order valence-electron chi connectivity index (χ4n) is 4.38. The minimum atomic E-state index is -0.0485. The molecule has 8 heteroatoms. The number of aryl methyl sites for hydroxylation is 2. The van der Waals surface area contributed by atoms with Crippen LogP contribution in [0.2, 0.25) is 0 Å². The zero-order valence-electron chi connectivity index (χ0n) is 18.2. The van der Waals surface area contributed by atoms with Crippen LogP contribution in [-0.2, 0) is 22.6 Å². The minimum Gasteiger partial charge on any atom is -0.392 e. The second-order valence-corrected chi connectivity index (χ2v) is 8.26. The smallest absolute Gasteiger partial charge is 0.222 e. The van der Waals surface area contributed by atoms with Crippen molar-refractivity contribution in [1.29, 1.82) is 0 Å². The van der Waals surface area contributed by atoms with Crippen molar-refractivity contribution >= 4 is 11.7 Å². The molecule has 0 saturated carbocycles. The molecule has 2 aromatic heterocycles. The first kappa shape index (κ1) is 21.6. The molecule has 0 aliphatic carbocycles. The van der Waals surface area contributed by atoms with Crippen LogP contribution in [0.4, 0.5) is 5.82 Å². The molecule has 2 aromatic rings. The predicted molar refractivity (Wildman–Crippen MR) is 117 cm³/mol. The third kappa shape index (κ3) is 5.37. The van der Waals surface area contributed by atoms with Crippen molar-refractivity contribution in [3.63, 3.8) is 0 Å². The van der Waals surface area contributed by atoms with Gasteiger partial charge in [0.1, 0.15) is 11.6 Å². The lowest BCUT2D eigenvalue weighted by Crippen LogP contribution is -2.38. The molecule has 0 aromatic carbocycles. The quantitative estimate of drug-likeness (QED) is 0.755. The SMILES string of the molecule is Cc1ncc(CO)c(C2CCN(C(=O)CCc3ccnc(N4CCOCC4)c3)CC2)n1. The Bertz CT molecular complexity index is 893. The molecular weight excluding hydrogens is 394 g/mol. The number of ether oxygens (including phenoxy) is 1. The highest BCUT2D eigenvalue weighted by Gasteiger charge is 2.26. The standard InChI is InChI=1S/C23H31N5O3/c1-17-25-15-20(16-29)23(26-17)19-5-8-28(9-6-19)22(30)3-2-18-4-7-24-21(14-18)27-10-12-31-13-11-27/h4,7,14-15,19,29H,2-3,5-6,8-13,16H2,1H3. The van der Waals surface area contributed by atoms with Gasteiger partial charge in [0, 0.05) is 56.5 Å². The number of anilines is 1. The predicted octanol–water partition coefficient (Wildman–Crippen LogP) is 1.85. The number of hydrogen-bond acceptors (Lipinski definition) is 7. The van der Waals surface area contributed by atoms with Crippen LogP contribution < -0.4 is 4.90 Å². The topological polar surface area (TPSA) is 91.7 Å². The molecule has 0 radical (unpaired) electrons. The summed E-state index contributed by atoms with van der Waals surface area (Å²) in [6.45, 7) is 6.45.